The first kappa shape index (κ1) is 14.9. The minimum absolute atomic E-state index is 0.111. The van der Waals surface area contributed by atoms with E-state index in [0.717, 1.165) is 12.8 Å². The Labute approximate surface area is 133 Å². The molecule has 0 bridgehead atoms. The summed E-state index contributed by atoms with van der Waals surface area (Å²) in [5, 5.41) is 5.64. The Balaban J connectivity index is 1.61. The summed E-state index contributed by atoms with van der Waals surface area (Å²) in [6.45, 7) is 0. The highest BCUT2D eigenvalue weighted by atomic mass is 16.2. The molecule has 1 fully saturated rings. The number of anilines is 1. The second-order valence-corrected chi connectivity index (χ2v) is 5.29. The average molecular weight is 308 g/mol. The molecular weight excluding hydrogens is 292 g/mol. The number of hydrogen-bond acceptors (Lipinski definition) is 4. The van der Waals surface area contributed by atoms with Gasteiger partial charge in [-0.2, -0.15) is 0 Å². The van der Waals surface area contributed by atoms with E-state index in [0.29, 0.717) is 23.0 Å². The molecule has 1 aromatic carbocycles. The van der Waals surface area contributed by atoms with Crippen LogP contribution in [0.4, 0.5) is 5.69 Å². The lowest BCUT2D eigenvalue weighted by molar-refractivity contribution is -0.111. The predicted octanol–water partition coefficient (Wildman–Crippen LogP) is 2.02. The predicted molar refractivity (Wildman–Crippen MR) is 86.6 cm³/mol. The number of amides is 2. The second kappa shape index (κ2) is 6.83. The van der Waals surface area contributed by atoms with Crippen LogP contribution in [-0.4, -0.2) is 27.8 Å². The smallest absolute Gasteiger partial charge is 0.251 e. The van der Waals surface area contributed by atoms with E-state index in [1.54, 1.807) is 42.6 Å². The molecule has 0 radical (unpaired) electrons. The fourth-order valence-electron chi connectivity index (χ4n) is 1.98. The maximum atomic E-state index is 12.0. The lowest BCUT2D eigenvalue weighted by Gasteiger charge is -2.06. The van der Waals surface area contributed by atoms with Crippen LogP contribution in [0.25, 0.3) is 6.08 Å². The third-order valence-corrected chi connectivity index (χ3v) is 3.32. The van der Waals surface area contributed by atoms with Gasteiger partial charge in [0, 0.05) is 29.6 Å². The van der Waals surface area contributed by atoms with Gasteiger partial charge in [-0.15, -0.1) is 0 Å². The molecule has 2 amide bonds. The van der Waals surface area contributed by atoms with E-state index in [4.69, 9.17) is 0 Å². The van der Waals surface area contributed by atoms with E-state index in [1.807, 2.05) is 0 Å². The molecule has 1 aromatic heterocycles. The molecule has 1 heterocycles. The van der Waals surface area contributed by atoms with Crippen LogP contribution in [0.1, 0.15) is 28.9 Å². The molecular formula is C17H16N4O2. The molecule has 1 aliphatic carbocycles. The van der Waals surface area contributed by atoms with Crippen LogP contribution in [0.15, 0.2) is 48.9 Å². The van der Waals surface area contributed by atoms with Crippen molar-refractivity contribution in [2.45, 2.75) is 18.9 Å². The van der Waals surface area contributed by atoms with Crippen molar-refractivity contribution in [3.05, 3.63) is 60.2 Å². The molecule has 6 nitrogen and oxygen atoms in total. The third kappa shape index (κ3) is 4.47. The number of nitrogens with one attached hydrogen (secondary N) is 2. The molecule has 2 N–H and O–H groups in total. The minimum atomic E-state index is -0.289. The Hall–Kier alpha value is -3.02. The number of carbonyl (C=O) groups excluding carboxylic acids is 2. The first-order valence-electron chi connectivity index (χ1n) is 7.37. The van der Waals surface area contributed by atoms with Crippen molar-refractivity contribution < 1.29 is 9.59 Å². The van der Waals surface area contributed by atoms with Crippen LogP contribution in [0.2, 0.25) is 0 Å². The highest BCUT2D eigenvalue weighted by Crippen LogP contribution is 2.20. The summed E-state index contributed by atoms with van der Waals surface area (Å²) in [4.78, 5) is 31.7. The zero-order chi connectivity index (χ0) is 16.1. The lowest BCUT2D eigenvalue weighted by Crippen LogP contribution is -2.25. The lowest BCUT2D eigenvalue weighted by atomic mass is 10.2. The van der Waals surface area contributed by atoms with E-state index >= 15 is 0 Å². The summed E-state index contributed by atoms with van der Waals surface area (Å²) < 4.78 is 0. The summed E-state index contributed by atoms with van der Waals surface area (Å²) in [6, 6.07) is 8.87. The SMILES string of the molecule is O=C(/C=C/c1ccncn1)Nc1cccc(C(=O)NC2CC2)c1. The molecule has 0 saturated heterocycles. The topological polar surface area (TPSA) is 84.0 Å². The number of hydrogen-bond donors (Lipinski definition) is 2. The zero-order valence-electron chi connectivity index (χ0n) is 12.4. The molecule has 23 heavy (non-hydrogen) atoms. The second-order valence-electron chi connectivity index (χ2n) is 5.29. The van der Waals surface area contributed by atoms with Crippen molar-refractivity contribution in [1.29, 1.82) is 0 Å². The van der Waals surface area contributed by atoms with E-state index in [2.05, 4.69) is 20.6 Å². The summed E-state index contributed by atoms with van der Waals surface area (Å²) in [6.07, 6.45) is 8.08. The highest BCUT2D eigenvalue weighted by molar-refractivity contribution is 6.03. The fourth-order valence-corrected chi connectivity index (χ4v) is 1.98. The molecule has 6 heteroatoms. The maximum absolute atomic E-state index is 12.0. The Morgan fingerprint density at radius 2 is 2.09 bits per heavy atom. The fraction of sp³-hybridized carbons (Fsp3) is 0.176. The van der Waals surface area contributed by atoms with Crippen LogP contribution in [0.3, 0.4) is 0 Å². The first-order chi connectivity index (χ1) is 11.2. The summed E-state index contributed by atoms with van der Waals surface area (Å²) >= 11 is 0. The van der Waals surface area contributed by atoms with Gasteiger partial charge in [0.05, 0.1) is 5.69 Å². The van der Waals surface area contributed by atoms with Crippen LogP contribution in [0.5, 0.6) is 0 Å². The van der Waals surface area contributed by atoms with E-state index in [9.17, 15) is 9.59 Å². The van der Waals surface area contributed by atoms with Gasteiger partial charge in [-0.1, -0.05) is 6.07 Å². The van der Waals surface area contributed by atoms with Gasteiger partial charge in [0.25, 0.3) is 5.91 Å². The first-order valence-corrected chi connectivity index (χ1v) is 7.37. The number of carbonyl (C=O) groups is 2. The molecule has 0 atom stereocenters. The zero-order valence-corrected chi connectivity index (χ0v) is 12.4. The van der Waals surface area contributed by atoms with Crippen molar-refractivity contribution in [2.75, 3.05) is 5.32 Å². The van der Waals surface area contributed by atoms with Crippen LogP contribution in [0, 0.1) is 0 Å². The Morgan fingerprint density at radius 1 is 1.22 bits per heavy atom. The molecule has 1 aliphatic rings. The normalized spacial score (nSPS) is 13.7. The van der Waals surface area contributed by atoms with Crippen molar-refractivity contribution in [1.82, 2.24) is 15.3 Å². The summed E-state index contributed by atoms with van der Waals surface area (Å²) in [5.74, 6) is -0.400. The van der Waals surface area contributed by atoms with Crippen molar-refractivity contribution in [3.63, 3.8) is 0 Å². The van der Waals surface area contributed by atoms with Crippen molar-refractivity contribution in [3.8, 4) is 0 Å². The molecule has 116 valence electrons. The van der Waals surface area contributed by atoms with E-state index in [-0.39, 0.29) is 11.8 Å². The molecule has 1 saturated carbocycles. The van der Waals surface area contributed by atoms with Gasteiger partial charge in [-0.05, 0) is 43.2 Å². The number of rotatable bonds is 5. The van der Waals surface area contributed by atoms with Crippen molar-refractivity contribution >= 4 is 23.6 Å². The minimum Gasteiger partial charge on any atom is -0.349 e. The Kier molecular flexibility index (Phi) is 4.42. The van der Waals surface area contributed by atoms with E-state index < -0.39 is 0 Å². The van der Waals surface area contributed by atoms with Crippen molar-refractivity contribution in [2.24, 2.45) is 0 Å². The molecule has 0 unspecified atom stereocenters. The van der Waals surface area contributed by atoms with Gasteiger partial charge in [-0.25, -0.2) is 9.97 Å². The van der Waals surface area contributed by atoms with Gasteiger partial charge in [-0.3, -0.25) is 9.59 Å². The van der Waals surface area contributed by atoms with Crippen LogP contribution < -0.4 is 10.6 Å². The monoisotopic (exact) mass is 308 g/mol. The molecule has 0 spiro atoms. The molecule has 3 rings (SSSR count). The van der Waals surface area contributed by atoms with Gasteiger partial charge in [0.2, 0.25) is 5.91 Å². The summed E-state index contributed by atoms with van der Waals surface area (Å²) in [5.41, 5.74) is 1.76. The number of benzene rings is 1. The molecule has 2 aromatic rings. The Bertz CT molecular complexity index is 739. The third-order valence-electron chi connectivity index (χ3n) is 3.32. The van der Waals surface area contributed by atoms with Gasteiger partial charge in [0.1, 0.15) is 6.33 Å². The van der Waals surface area contributed by atoms with Gasteiger partial charge >= 0.3 is 0 Å². The number of nitrogens with zero attached hydrogens (tertiary/aromatic N) is 2. The number of aromatic nitrogens is 2. The maximum Gasteiger partial charge on any atom is 0.251 e. The van der Waals surface area contributed by atoms with Crippen LogP contribution in [-0.2, 0) is 4.79 Å². The highest BCUT2D eigenvalue weighted by Gasteiger charge is 2.23. The quantitative estimate of drug-likeness (QED) is 0.828. The van der Waals surface area contributed by atoms with Gasteiger partial charge in [0.15, 0.2) is 0 Å². The largest absolute Gasteiger partial charge is 0.349 e. The van der Waals surface area contributed by atoms with E-state index in [1.165, 1.54) is 12.4 Å². The Morgan fingerprint density at radius 3 is 2.83 bits per heavy atom. The van der Waals surface area contributed by atoms with Crippen LogP contribution >= 0.6 is 0 Å². The average Bonchev–Trinajstić information content (AvgIpc) is 3.38. The standard InChI is InChI=1S/C17H16N4O2/c22-16(7-6-13-8-9-18-11-19-13)20-15-3-1-2-12(10-15)17(23)21-14-4-5-14/h1-3,6-11,14H,4-5H2,(H,20,22)(H,21,23)/b7-6+. The summed E-state index contributed by atoms with van der Waals surface area (Å²) in [7, 11) is 0. The van der Waals surface area contributed by atoms with Gasteiger partial charge < -0.3 is 10.6 Å². The molecule has 0 aliphatic heterocycles.